The summed E-state index contributed by atoms with van der Waals surface area (Å²) < 4.78 is 5.21. The van der Waals surface area contributed by atoms with Crippen molar-refractivity contribution in [3.63, 3.8) is 0 Å². The highest BCUT2D eigenvalue weighted by atomic mass is 35.5. The molecule has 1 aromatic rings. The number of carbonyl (C=O) groups is 3. The highest BCUT2D eigenvalue weighted by Crippen LogP contribution is 2.34. The van der Waals surface area contributed by atoms with Crippen LogP contribution in [0.5, 0.6) is 5.75 Å². The third-order valence-corrected chi connectivity index (χ3v) is 3.11. The molecule has 0 bridgehead atoms. The van der Waals surface area contributed by atoms with Gasteiger partial charge >= 0.3 is 5.97 Å². The number of hydrogen-bond donors (Lipinski definition) is 2. The van der Waals surface area contributed by atoms with E-state index >= 15 is 0 Å². The number of amides is 1. The molecule has 1 aromatic carbocycles. The number of hydrogen-bond acceptors (Lipinski definition) is 4. The summed E-state index contributed by atoms with van der Waals surface area (Å²) in [5.41, 5.74) is 0.695. The number of carboxylic acid groups (broad SMARTS) is 1. The van der Waals surface area contributed by atoms with E-state index in [1.165, 1.54) is 12.1 Å². The second-order valence-electron chi connectivity index (χ2n) is 4.34. The molecule has 6 nitrogen and oxygen atoms in total. The average Bonchev–Trinajstić information content (AvgIpc) is 2.37. The van der Waals surface area contributed by atoms with Crippen LogP contribution in [-0.4, -0.2) is 29.4 Å². The van der Waals surface area contributed by atoms with Crippen molar-refractivity contribution in [1.29, 1.82) is 0 Å². The minimum Gasteiger partial charge on any atom is -0.482 e. The zero-order valence-corrected chi connectivity index (χ0v) is 11.2. The van der Waals surface area contributed by atoms with Gasteiger partial charge in [-0.25, -0.2) is 0 Å². The van der Waals surface area contributed by atoms with Crippen LogP contribution < -0.4 is 10.1 Å². The van der Waals surface area contributed by atoms with Gasteiger partial charge in [0, 0.05) is 18.4 Å². The third kappa shape index (κ3) is 3.27. The number of fused-ring (bicyclic) bond motifs is 1. The Labute approximate surface area is 119 Å². The number of ketones is 1. The Hall–Kier alpha value is -2.08. The molecule has 7 heteroatoms. The summed E-state index contributed by atoms with van der Waals surface area (Å²) in [6.07, 6.45) is 0.275. The van der Waals surface area contributed by atoms with Crippen LogP contribution in [-0.2, 0) is 9.59 Å². The topological polar surface area (TPSA) is 92.7 Å². The van der Waals surface area contributed by atoms with Crippen LogP contribution in [0.1, 0.15) is 29.6 Å². The number of anilines is 1. The molecule has 2 N–H and O–H groups in total. The first-order valence-corrected chi connectivity index (χ1v) is 6.36. The number of aliphatic carboxylic acids is 1. The Kier molecular flexibility index (Phi) is 4.24. The summed E-state index contributed by atoms with van der Waals surface area (Å²) in [7, 11) is 0. The molecule has 0 saturated heterocycles. The van der Waals surface area contributed by atoms with Gasteiger partial charge < -0.3 is 15.2 Å². The first-order chi connectivity index (χ1) is 9.47. The second kappa shape index (κ2) is 5.92. The van der Waals surface area contributed by atoms with Crippen molar-refractivity contribution < 1.29 is 24.2 Å². The van der Waals surface area contributed by atoms with Gasteiger partial charge in [-0.2, -0.15) is 0 Å². The predicted molar refractivity (Wildman–Crippen MR) is 71.4 cm³/mol. The van der Waals surface area contributed by atoms with Crippen molar-refractivity contribution in [2.45, 2.75) is 19.3 Å². The van der Waals surface area contributed by atoms with Crippen LogP contribution in [0.4, 0.5) is 5.69 Å². The fraction of sp³-hybridized carbons (Fsp3) is 0.308. The van der Waals surface area contributed by atoms with Gasteiger partial charge in [0.05, 0.1) is 10.7 Å². The van der Waals surface area contributed by atoms with Gasteiger partial charge in [-0.3, -0.25) is 14.4 Å². The highest BCUT2D eigenvalue weighted by Gasteiger charge is 2.20. The molecule has 1 aliphatic rings. The lowest BCUT2D eigenvalue weighted by Gasteiger charge is -2.19. The Morgan fingerprint density at radius 3 is 2.80 bits per heavy atom. The molecule has 106 valence electrons. The van der Waals surface area contributed by atoms with Crippen LogP contribution in [0, 0.1) is 0 Å². The van der Waals surface area contributed by atoms with E-state index in [0.29, 0.717) is 11.4 Å². The molecular formula is C13H12ClNO5. The number of rotatable bonds is 5. The zero-order chi connectivity index (χ0) is 14.7. The second-order valence-corrected chi connectivity index (χ2v) is 4.74. The zero-order valence-electron chi connectivity index (χ0n) is 10.4. The number of nitrogens with one attached hydrogen (secondary N) is 1. The van der Waals surface area contributed by atoms with Crippen molar-refractivity contribution in [3.05, 3.63) is 22.7 Å². The number of benzene rings is 1. The van der Waals surface area contributed by atoms with Crippen molar-refractivity contribution in [1.82, 2.24) is 0 Å². The van der Waals surface area contributed by atoms with E-state index in [0.717, 1.165) is 0 Å². The predicted octanol–water partition coefficient (Wildman–Crippen LogP) is 2.11. The van der Waals surface area contributed by atoms with E-state index in [1.54, 1.807) is 0 Å². The third-order valence-electron chi connectivity index (χ3n) is 2.80. The number of carboxylic acids is 1. The van der Waals surface area contributed by atoms with E-state index in [9.17, 15) is 14.4 Å². The summed E-state index contributed by atoms with van der Waals surface area (Å²) in [5, 5.41) is 11.3. The smallest absolute Gasteiger partial charge is 0.303 e. The van der Waals surface area contributed by atoms with E-state index in [1.807, 2.05) is 0 Å². The molecule has 0 saturated carbocycles. The number of carbonyl (C=O) groups excluding carboxylic acids is 2. The molecule has 1 heterocycles. The lowest BCUT2D eigenvalue weighted by atomic mass is 10.0. The first kappa shape index (κ1) is 14.3. The van der Waals surface area contributed by atoms with Crippen molar-refractivity contribution >= 4 is 34.9 Å². The van der Waals surface area contributed by atoms with E-state index < -0.39 is 5.97 Å². The minimum absolute atomic E-state index is 0.0686. The Bertz CT molecular complexity index is 584. The van der Waals surface area contributed by atoms with Crippen molar-refractivity contribution in [3.8, 4) is 5.75 Å². The lowest BCUT2D eigenvalue weighted by Crippen LogP contribution is -2.25. The highest BCUT2D eigenvalue weighted by molar-refractivity contribution is 6.34. The van der Waals surface area contributed by atoms with Gasteiger partial charge in [-0.15, -0.1) is 0 Å². The maximum absolute atomic E-state index is 12.0. The van der Waals surface area contributed by atoms with Crippen LogP contribution in [0.2, 0.25) is 5.02 Å². The molecule has 2 rings (SSSR count). The quantitative estimate of drug-likeness (QED) is 0.812. The van der Waals surface area contributed by atoms with Crippen LogP contribution in [0.3, 0.4) is 0 Å². The molecule has 1 aliphatic heterocycles. The maximum atomic E-state index is 12.0. The molecule has 1 amide bonds. The first-order valence-electron chi connectivity index (χ1n) is 5.98. The normalized spacial score (nSPS) is 13.2. The van der Waals surface area contributed by atoms with Gasteiger partial charge in [-0.05, 0) is 18.6 Å². The number of Topliss-reactive ketones (excluding diaryl/α,β-unsaturated/α-hetero) is 1. The summed E-state index contributed by atoms with van der Waals surface area (Å²) in [6, 6.07) is 2.93. The molecule has 0 radical (unpaired) electrons. The summed E-state index contributed by atoms with van der Waals surface area (Å²) in [6.45, 7) is -0.110. The van der Waals surface area contributed by atoms with Gasteiger partial charge in [0.1, 0.15) is 5.75 Å². The van der Waals surface area contributed by atoms with Crippen LogP contribution in [0.25, 0.3) is 0 Å². The molecule has 0 spiro atoms. The van der Waals surface area contributed by atoms with E-state index in [-0.39, 0.29) is 48.1 Å². The van der Waals surface area contributed by atoms with Gasteiger partial charge in [0.2, 0.25) is 0 Å². The summed E-state index contributed by atoms with van der Waals surface area (Å²) >= 11 is 6.00. The fourth-order valence-corrected chi connectivity index (χ4v) is 2.12. The maximum Gasteiger partial charge on any atom is 0.303 e. The number of halogens is 1. The Morgan fingerprint density at radius 1 is 1.35 bits per heavy atom. The summed E-state index contributed by atoms with van der Waals surface area (Å²) in [5.74, 6) is -1.09. The SMILES string of the molecule is O=C(O)CCCC(=O)c1cc2c(cc1Cl)NC(=O)CO2. The lowest BCUT2D eigenvalue weighted by molar-refractivity contribution is -0.137. The molecule has 0 unspecified atom stereocenters. The van der Waals surface area contributed by atoms with Crippen LogP contribution >= 0.6 is 11.6 Å². The molecule has 0 fully saturated rings. The Morgan fingerprint density at radius 2 is 2.10 bits per heavy atom. The monoisotopic (exact) mass is 297 g/mol. The van der Waals surface area contributed by atoms with Gasteiger partial charge in [0.15, 0.2) is 12.4 Å². The van der Waals surface area contributed by atoms with E-state index in [2.05, 4.69) is 5.32 Å². The average molecular weight is 298 g/mol. The minimum atomic E-state index is -0.944. The summed E-state index contributed by atoms with van der Waals surface area (Å²) in [4.78, 5) is 33.5. The molecule has 0 atom stereocenters. The Balaban J connectivity index is 2.14. The van der Waals surface area contributed by atoms with Crippen LogP contribution in [0.15, 0.2) is 12.1 Å². The number of ether oxygens (including phenoxy) is 1. The molecule has 0 aromatic heterocycles. The molecule has 20 heavy (non-hydrogen) atoms. The molecule has 0 aliphatic carbocycles. The van der Waals surface area contributed by atoms with Gasteiger partial charge in [-0.1, -0.05) is 11.6 Å². The largest absolute Gasteiger partial charge is 0.482 e. The van der Waals surface area contributed by atoms with Crippen molar-refractivity contribution in [2.75, 3.05) is 11.9 Å². The molecular weight excluding hydrogens is 286 g/mol. The van der Waals surface area contributed by atoms with Gasteiger partial charge in [0.25, 0.3) is 5.91 Å². The fourth-order valence-electron chi connectivity index (χ4n) is 1.85. The van der Waals surface area contributed by atoms with Crippen molar-refractivity contribution in [2.24, 2.45) is 0 Å². The van der Waals surface area contributed by atoms with E-state index in [4.69, 9.17) is 21.4 Å². The standard InChI is InChI=1S/C13H12ClNO5/c14-8-5-9-11(20-6-12(17)15-9)4-7(8)10(16)2-1-3-13(18)19/h4-5H,1-3,6H2,(H,15,17)(H,18,19).